The first-order valence-corrected chi connectivity index (χ1v) is 5.73. The summed E-state index contributed by atoms with van der Waals surface area (Å²) in [6.45, 7) is 5.44. The van der Waals surface area contributed by atoms with E-state index in [1.807, 2.05) is 0 Å². The summed E-state index contributed by atoms with van der Waals surface area (Å²) in [4.78, 5) is 8.93. The van der Waals surface area contributed by atoms with Crippen LogP contribution in [0.4, 0.5) is 0 Å². The Morgan fingerprint density at radius 3 is 2.75 bits per heavy atom. The molecule has 1 aliphatic rings. The largest absolute Gasteiger partial charge is 0.449 e. The van der Waals surface area contributed by atoms with Gasteiger partial charge in [0.15, 0.2) is 5.89 Å². The maximum atomic E-state index is 8.86. The molecule has 0 atom stereocenters. The lowest BCUT2D eigenvalue weighted by Gasteiger charge is -2.31. The van der Waals surface area contributed by atoms with Crippen LogP contribution in [0.2, 0.25) is 0 Å². The highest BCUT2D eigenvalue weighted by Crippen LogP contribution is 2.05. The summed E-state index contributed by atoms with van der Waals surface area (Å²) in [7, 11) is 2.15. The Morgan fingerprint density at radius 2 is 2.12 bits per heavy atom. The van der Waals surface area contributed by atoms with Gasteiger partial charge in [-0.3, -0.25) is 0 Å². The highest BCUT2D eigenvalue weighted by Gasteiger charge is 2.14. The van der Waals surface area contributed by atoms with Crippen molar-refractivity contribution >= 4 is 0 Å². The molecule has 90 valence electrons. The highest BCUT2D eigenvalue weighted by atomic mass is 16.3. The first kappa shape index (κ1) is 11.6. The maximum Gasteiger partial charge on any atom is 0.195 e. The first-order chi connectivity index (χ1) is 7.78. The van der Waals surface area contributed by atoms with Gasteiger partial charge >= 0.3 is 0 Å². The molecule has 0 aromatic carbocycles. The predicted octanol–water partition coefficient (Wildman–Crippen LogP) is -0.0432. The van der Waals surface area contributed by atoms with E-state index < -0.39 is 0 Å². The molecule has 1 aromatic heterocycles. The molecule has 5 heteroatoms. The molecule has 0 radical (unpaired) electrons. The van der Waals surface area contributed by atoms with Crippen molar-refractivity contribution in [3.8, 4) is 0 Å². The average molecular weight is 225 g/mol. The Balaban J connectivity index is 1.74. The summed E-state index contributed by atoms with van der Waals surface area (Å²) in [6.07, 6.45) is 2.35. The smallest absolute Gasteiger partial charge is 0.195 e. The molecule has 1 aliphatic heterocycles. The van der Waals surface area contributed by atoms with Crippen LogP contribution in [-0.4, -0.2) is 59.7 Å². The Morgan fingerprint density at radius 1 is 1.38 bits per heavy atom. The number of hydrogen-bond donors (Lipinski definition) is 1. The van der Waals surface area contributed by atoms with Crippen LogP contribution in [0.25, 0.3) is 0 Å². The molecule has 1 aromatic rings. The third-order valence-corrected chi connectivity index (χ3v) is 3.00. The third kappa shape index (κ3) is 3.04. The lowest BCUT2D eigenvalue weighted by Crippen LogP contribution is -2.45. The van der Waals surface area contributed by atoms with Crippen LogP contribution in [0.3, 0.4) is 0 Å². The fourth-order valence-electron chi connectivity index (χ4n) is 1.86. The van der Waals surface area contributed by atoms with Crippen molar-refractivity contribution in [1.82, 2.24) is 14.8 Å². The molecule has 1 fully saturated rings. The van der Waals surface area contributed by atoms with E-state index in [9.17, 15) is 0 Å². The van der Waals surface area contributed by atoms with Gasteiger partial charge in [-0.05, 0) is 7.05 Å². The molecule has 2 heterocycles. The second-order valence-corrected chi connectivity index (χ2v) is 4.29. The molecular formula is C11H19N3O2. The molecule has 0 spiro atoms. The normalized spacial score (nSPS) is 19.1. The number of hydrogen-bond acceptors (Lipinski definition) is 5. The van der Waals surface area contributed by atoms with Crippen LogP contribution in [-0.2, 0) is 13.0 Å². The van der Waals surface area contributed by atoms with Crippen LogP contribution in [0.1, 0.15) is 11.6 Å². The minimum absolute atomic E-state index is 0.0436. The summed E-state index contributed by atoms with van der Waals surface area (Å²) in [6, 6.07) is 0. The number of likely N-dealkylation sites (N-methyl/N-ethyl adjacent to an activating group) is 1. The van der Waals surface area contributed by atoms with Gasteiger partial charge in [0.2, 0.25) is 0 Å². The zero-order chi connectivity index (χ0) is 11.4. The van der Waals surface area contributed by atoms with Gasteiger partial charge in [-0.15, -0.1) is 0 Å². The van der Waals surface area contributed by atoms with Crippen molar-refractivity contribution in [2.75, 3.05) is 39.8 Å². The van der Waals surface area contributed by atoms with Crippen molar-refractivity contribution in [1.29, 1.82) is 0 Å². The summed E-state index contributed by atoms with van der Waals surface area (Å²) in [5, 5.41) is 8.86. The second-order valence-electron chi connectivity index (χ2n) is 4.29. The van der Waals surface area contributed by atoms with E-state index in [4.69, 9.17) is 9.52 Å². The molecule has 5 nitrogen and oxygen atoms in total. The van der Waals surface area contributed by atoms with Crippen molar-refractivity contribution in [3.63, 3.8) is 0 Å². The van der Waals surface area contributed by atoms with Crippen molar-refractivity contribution in [3.05, 3.63) is 17.8 Å². The van der Waals surface area contributed by atoms with E-state index in [1.54, 1.807) is 0 Å². The molecule has 0 unspecified atom stereocenters. The number of piperazine rings is 1. The highest BCUT2D eigenvalue weighted by molar-refractivity contribution is 4.95. The van der Waals surface area contributed by atoms with Crippen LogP contribution >= 0.6 is 0 Å². The Bertz CT molecular complexity index is 319. The number of aliphatic hydroxyl groups is 1. The van der Waals surface area contributed by atoms with E-state index in [2.05, 4.69) is 21.8 Å². The van der Waals surface area contributed by atoms with E-state index in [1.165, 1.54) is 6.26 Å². The van der Waals surface area contributed by atoms with Gasteiger partial charge in [-0.25, -0.2) is 4.98 Å². The molecule has 0 aliphatic carbocycles. The van der Waals surface area contributed by atoms with Gasteiger partial charge in [-0.2, -0.15) is 0 Å². The van der Waals surface area contributed by atoms with Crippen LogP contribution < -0.4 is 0 Å². The fourth-order valence-corrected chi connectivity index (χ4v) is 1.86. The van der Waals surface area contributed by atoms with Gasteiger partial charge in [0.25, 0.3) is 0 Å². The SMILES string of the molecule is CN1CCN(CCc2nc(CO)co2)CC1. The Labute approximate surface area is 95.7 Å². The molecule has 0 bridgehead atoms. The van der Waals surface area contributed by atoms with Crippen molar-refractivity contribution < 1.29 is 9.52 Å². The Kier molecular flexibility index (Phi) is 3.93. The number of rotatable bonds is 4. The van der Waals surface area contributed by atoms with E-state index in [-0.39, 0.29) is 6.61 Å². The first-order valence-electron chi connectivity index (χ1n) is 5.73. The van der Waals surface area contributed by atoms with Gasteiger partial charge < -0.3 is 19.3 Å². The minimum Gasteiger partial charge on any atom is -0.449 e. The third-order valence-electron chi connectivity index (χ3n) is 3.00. The zero-order valence-corrected chi connectivity index (χ0v) is 9.72. The molecule has 1 N–H and O–H groups in total. The van der Waals surface area contributed by atoms with Crippen LogP contribution in [0.5, 0.6) is 0 Å². The second kappa shape index (κ2) is 5.43. The van der Waals surface area contributed by atoms with Gasteiger partial charge in [0.05, 0.1) is 6.61 Å². The summed E-state index contributed by atoms with van der Waals surface area (Å²) in [5.41, 5.74) is 0.619. The molecule has 0 saturated carbocycles. The number of aliphatic hydroxyl groups excluding tert-OH is 1. The lowest BCUT2D eigenvalue weighted by molar-refractivity contribution is 0.153. The van der Waals surface area contributed by atoms with Gasteiger partial charge in [0.1, 0.15) is 12.0 Å². The predicted molar refractivity (Wildman–Crippen MR) is 60.1 cm³/mol. The molecule has 16 heavy (non-hydrogen) atoms. The number of nitrogens with zero attached hydrogens (tertiary/aromatic N) is 3. The number of oxazole rings is 1. The number of aromatic nitrogens is 1. The molecular weight excluding hydrogens is 206 g/mol. The van der Waals surface area contributed by atoms with Crippen molar-refractivity contribution in [2.45, 2.75) is 13.0 Å². The maximum absolute atomic E-state index is 8.86. The Hall–Kier alpha value is -0.910. The van der Waals surface area contributed by atoms with E-state index >= 15 is 0 Å². The molecule has 0 amide bonds. The molecule has 2 rings (SSSR count). The van der Waals surface area contributed by atoms with E-state index in [0.29, 0.717) is 5.69 Å². The average Bonchev–Trinajstić information content (AvgIpc) is 2.76. The van der Waals surface area contributed by atoms with Crippen LogP contribution in [0, 0.1) is 0 Å². The summed E-state index contributed by atoms with van der Waals surface area (Å²) in [5.74, 6) is 0.725. The van der Waals surface area contributed by atoms with Crippen LogP contribution in [0.15, 0.2) is 10.7 Å². The van der Waals surface area contributed by atoms with E-state index in [0.717, 1.165) is 45.0 Å². The standard InChI is InChI=1S/C11H19N3O2/c1-13-4-6-14(7-5-13)3-2-11-12-10(8-15)9-16-11/h9,15H,2-8H2,1H3. The van der Waals surface area contributed by atoms with Gasteiger partial charge in [-0.1, -0.05) is 0 Å². The lowest BCUT2D eigenvalue weighted by atomic mass is 10.3. The minimum atomic E-state index is -0.0436. The monoisotopic (exact) mass is 225 g/mol. The van der Waals surface area contributed by atoms with Gasteiger partial charge in [0, 0.05) is 39.1 Å². The van der Waals surface area contributed by atoms with Crippen molar-refractivity contribution in [2.24, 2.45) is 0 Å². The fraction of sp³-hybridized carbons (Fsp3) is 0.727. The zero-order valence-electron chi connectivity index (χ0n) is 9.72. The summed E-state index contributed by atoms with van der Waals surface area (Å²) < 4.78 is 5.26. The molecule has 1 saturated heterocycles. The quantitative estimate of drug-likeness (QED) is 0.779. The topological polar surface area (TPSA) is 52.7 Å². The summed E-state index contributed by atoms with van der Waals surface area (Å²) >= 11 is 0.